The van der Waals surface area contributed by atoms with E-state index in [9.17, 15) is 5.11 Å². The minimum absolute atomic E-state index is 0.187. The maximum atomic E-state index is 9.56. The molecule has 1 nitrogen and oxygen atoms in total. The highest BCUT2D eigenvalue weighted by atomic mass is 16.3. The van der Waals surface area contributed by atoms with Crippen molar-refractivity contribution in [3.05, 3.63) is 29.8 Å². The number of unbranched alkanes of at least 4 members (excludes halogenated alkanes) is 6. The largest absolute Gasteiger partial charge is 0.508 e. The Bertz CT molecular complexity index is 392. The lowest BCUT2D eigenvalue weighted by atomic mass is 9.69. The Morgan fingerprint density at radius 3 is 1.70 bits per heavy atom. The van der Waals surface area contributed by atoms with Crippen LogP contribution in [0.1, 0.15) is 97.5 Å². The van der Waals surface area contributed by atoms with E-state index in [4.69, 9.17) is 0 Å². The monoisotopic (exact) mass is 318 g/mol. The van der Waals surface area contributed by atoms with Gasteiger partial charge in [0.15, 0.2) is 0 Å². The zero-order valence-electron chi connectivity index (χ0n) is 15.9. The average molecular weight is 319 g/mol. The molecule has 132 valence electrons. The van der Waals surface area contributed by atoms with Gasteiger partial charge in [-0.1, -0.05) is 91.2 Å². The second kappa shape index (κ2) is 10.7. The molecule has 1 rings (SSSR count). The third-order valence-electron chi connectivity index (χ3n) is 5.44. The van der Waals surface area contributed by atoms with Crippen molar-refractivity contribution in [2.24, 2.45) is 5.92 Å². The first-order valence-corrected chi connectivity index (χ1v) is 9.81. The quantitative estimate of drug-likeness (QED) is 0.403. The van der Waals surface area contributed by atoms with Crippen molar-refractivity contribution in [1.82, 2.24) is 0 Å². The van der Waals surface area contributed by atoms with Gasteiger partial charge in [-0.05, 0) is 41.9 Å². The van der Waals surface area contributed by atoms with E-state index in [0.29, 0.717) is 5.75 Å². The molecule has 0 aliphatic heterocycles. The highest BCUT2D eigenvalue weighted by Gasteiger charge is 2.30. The summed E-state index contributed by atoms with van der Waals surface area (Å²) < 4.78 is 0. The van der Waals surface area contributed by atoms with Crippen LogP contribution in [0, 0.1) is 5.92 Å². The van der Waals surface area contributed by atoms with Crippen molar-refractivity contribution in [1.29, 1.82) is 0 Å². The smallest absolute Gasteiger partial charge is 0.115 e. The first kappa shape index (κ1) is 20.1. The highest BCUT2D eigenvalue weighted by Crippen LogP contribution is 2.38. The van der Waals surface area contributed by atoms with Crippen molar-refractivity contribution in [3.63, 3.8) is 0 Å². The summed E-state index contributed by atoms with van der Waals surface area (Å²) in [4.78, 5) is 0. The molecule has 23 heavy (non-hydrogen) atoms. The Kier molecular flexibility index (Phi) is 9.36. The molecule has 0 atom stereocenters. The van der Waals surface area contributed by atoms with E-state index in [1.807, 2.05) is 12.1 Å². The van der Waals surface area contributed by atoms with Crippen LogP contribution in [0.25, 0.3) is 0 Å². The molecular formula is C22H38O. The number of aromatic hydroxyl groups is 1. The first-order valence-electron chi connectivity index (χ1n) is 9.81. The van der Waals surface area contributed by atoms with Crippen molar-refractivity contribution in [2.75, 3.05) is 0 Å². The minimum Gasteiger partial charge on any atom is -0.508 e. The standard InChI is InChI=1S/C22H38O/c1-5-7-9-11-13-19(14-12-10-8-6-2)22(3,4)20-15-17-21(23)18-16-20/h15-19,23H,5-14H2,1-4H3. The van der Waals surface area contributed by atoms with E-state index in [2.05, 4.69) is 39.8 Å². The molecule has 0 spiro atoms. The van der Waals surface area contributed by atoms with Crippen LogP contribution in [-0.4, -0.2) is 5.11 Å². The van der Waals surface area contributed by atoms with E-state index in [-0.39, 0.29) is 5.41 Å². The van der Waals surface area contributed by atoms with Crippen LogP contribution in [0.3, 0.4) is 0 Å². The van der Waals surface area contributed by atoms with Crippen LogP contribution in [0.2, 0.25) is 0 Å². The lowest BCUT2D eigenvalue weighted by Crippen LogP contribution is -2.29. The van der Waals surface area contributed by atoms with Gasteiger partial charge >= 0.3 is 0 Å². The molecule has 0 aliphatic rings. The molecule has 0 aliphatic carbocycles. The van der Waals surface area contributed by atoms with Crippen LogP contribution in [0.15, 0.2) is 24.3 Å². The predicted molar refractivity (Wildman–Crippen MR) is 102 cm³/mol. The fourth-order valence-electron chi connectivity index (χ4n) is 3.63. The number of phenolic OH excluding ortho intramolecular Hbond substituents is 1. The molecular weight excluding hydrogens is 280 g/mol. The van der Waals surface area contributed by atoms with E-state index in [0.717, 1.165) is 5.92 Å². The highest BCUT2D eigenvalue weighted by molar-refractivity contribution is 5.31. The maximum absolute atomic E-state index is 9.56. The molecule has 0 saturated carbocycles. The molecule has 0 heterocycles. The number of hydrogen-bond donors (Lipinski definition) is 1. The second-order valence-electron chi connectivity index (χ2n) is 7.66. The van der Waals surface area contributed by atoms with Crippen molar-refractivity contribution >= 4 is 0 Å². The van der Waals surface area contributed by atoms with Crippen LogP contribution in [0.5, 0.6) is 5.75 Å². The van der Waals surface area contributed by atoms with Gasteiger partial charge in [-0.25, -0.2) is 0 Å². The molecule has 1 aromatic rings. The molecule has 0 unspecified atom stereocenters. The minimum atomic E-state index is 0.187. The van der Waals surface area contributed by atoms with Gasteiger partial charge in [-0.2, -0.15) is 0 Å². The normalized spacial score (nSPS) is 12.0. The third-order valence-corrected chi connectivity index (χ3v) is 5.44. The lowest BCUT2D eigenvalue weighted by molar-refractivity contribution is 0.263. The van der Waals surface area contributed by atoms with Gasteiger partial charge < -0.3 is 5.11 Å². The molecule has 1 heteroatoms. The fraction of sp³-hybridized carbons (Fsp3) is 0.727. The van der Waals surface area contributed by atoms with Gasteiger partial charge in [-0.3, -0.25) is 0 Å². The molecule has 0 saturated heterocycles. The zero-order chi connectivity index (χ0) is 17.1. The Hall–Kier alpha value is -0.980. The molecule has 0 radical (unpaired) electrons. The van der Waals surface area contributed by atoms with Gasteiger partial charge in [0.2, 0.25) is 0 Å². The lowest BCUT2D eigenvalue weighted by Gasteiger charge is -2.35. The molecule has 0 bridgehead atoms. The number of hydrogen-bond acceptors (Lipinski definition) is 1. The topological polar surface area (TPSA) is 20.2 Å². The number of benzene rings is 1. The summed E-state index contributed by atoms with van der Waals surface area (Å²) in [6.45, 7) is 9.35. The molecule has 1 N–H and O–H groups in total. The Morgan fingerprint density at radius 2 is 1.26 bits per heavy atom. The van der Waals surface area contributed by atoms with Crippen molar-refractivity contribution in [2.45, 2.75) is 97.3 Å². The maximum Gasteiger partial charge on any atom is 0.115 e. The molecule has 0 aromatic heterocycles. The van der Waals surface area contributed by atoms with E-state index in [1.165, 1.54) is 69.8 Å². The third kappa shape index (κ3) is 6.97. The SMILES string of the molecule is CCCCCCC(CCCCCC)C(C)(C)c1ccc(O)cc1. The summed E-state index contributed by atoms with van der Waals surface area (Å²) in [6.07, 6.45) is 13.5. The zero-order valence-corrected chi connectivity index (χ0v) is 15.9. The van der Waals surface area contributed by atoms with E-state index >= 15 is 0 Å². The first-order chi connectivity index (χ1) is 11.0. The summed E-state index contributed by atoms with van der Waals surface area (Å²) in [5.41, 5.74) is 1.55. The van der Waals surface area contributed by atoms with Gasteiger partial charge in [-0.15, -0.1) is 0 Å². The molecule has 0 fully saturated rings. The number of rotatable bonds is 12. The summed E-state index contributed by atoms with van der Waals surface area (Å²) in [5, 5.41) is 9.56. The van der Waals surface area contributed by atoms with E-state index in [1.54, 1.807) is 0 Å². The molecule has 1 aromatic carbocycles. The van der Waals surface area contributed by atoms with Gasteiger partial charge in [0.25, 0.3) is 0 Å². The summed E-state index contributed by atoms with van der Waals surface area (Å²) in [6, 6.07) is 7.89. The summed E-state index contributed by atoms with van der Waals surface area (Å²) >= 11 is 0. The number of phenols is 1. The fourth-order valence-corrected chi connectivity index (χ4v) is 3.63. The van der Waals surface area contributed by atoms with Crippen molar-refractivity contribution in [3.8, 4) is 5.75 Å². The van der Waals surface area contributed by atoms with Crippen LogP contribution >= 0.6 is 0 Å². The Morgan fingerprint density at radius 1 is 0.783 bits per heavy atom. The van der Waals surface area contributed by atoms with Crippen molar-refractivity contribution < 1.29 is 5.11 Å². The molecule has 0 amide bonds. The Balaban J connectivity index is 2.71. The predicted octanol–water partition coefficient (Wildman–Crippen LogP) is 7.23. The summed E-state index contributed by atoms with van der Waals surface area (Å²) in [7, 11) is 0. The Labute approximate surface area is 144 Å². The summed E-state index contributed by atoms with van der Waals surface area (Å²) in [5.74, 6) is 1.10. The van der Waals surface area contributed by atoms with Crippen LogP contribution in [0.4, 0.5) is 0 Å². The van der Waals surface area contributed by atoms with Gasteiger partial charge in [0.05, 0.1) is 0 Å². The average Bonchev–Trinajstić information content (AvgIpc) is 2.53. The van der Waals surface area contributed by atoms with Gasteiger partial charge in [0.1, 0.15) is 5.75 Å². The van der Waals surface area contributed by atoms with Crippen LogP contribution < -0.4 is 0 Å². The second-order valence-corrected chi connectivity index (χ2v) is 7.66. The van der Waals surface area contributed by atoms with Gasteiger partial charge in [0, 0.05) is 0 Å². The van der Waals surface area contributed by atoms with Crippen LogP contribution in [-0.2, 0) is 5.41 Å². The van der Waals surface area contributed by atoms with E-state index < -0.39 is 0 Å².